The lowest BCUT2D eigenvalue weighted by molar-refractivity contribution is 0.194. The molecule has 36 heavy (non-hydrogen) atoms. The van der Waals surface area contributed by atoms with Crippen LogP contribution in [0.5, 0.6) is 0 Å². The van der Waals surface area contributed by atoms with Crippen molar-refractivity contribution in [3.05, 3.63) is 131 Å². The van der Waals surface area contributed by atoms with Crippen molar-refractivity contribution in [2.45, 2.75) is 19.5 Å². The van der Waals surface area contributed by atoms with Crippen molar-refractivity contribution in [3.63, 3.8) is 0 Å². The normalized spacial score (nSPS) is 14.6. The van der Waals surface area contributed by atoms with Crippen LogP contribution in [0.1, 0.15) is 28.6 Å². The van der Waals surface area contributed by atoms with Crippen molar-refractivity contribution < 1.29 is 4.79 Å². The van der Waals surface area contributed by atoms with Crippen LogP contribution in [0.2, 0.25) is 5.02 Å². The van der Waals surface area contributed by atoms with Crippen molar-refractivity contribution >= 4 is 23.3 Å². The summed E-state index contributed by atoms with van der Waals surface area (Å²) in [7, 11) is 0. The molecule has 0 bridgehead atoms. The van der Waals surface area contributed by atoms with Crippen LogP contribution < -0.4 is 5.32 Å². The van der Waals surface area contributed by atoms with E-state index in [0.717, 1.165) is 34.0 Å². The first-order chi connectivity index (χ1) is 17.6. The summed E-state index contributed by atoms with van der Waals surface area (Å²) >= 11 is 6.19. The van der Waals surface area contributed by atoms with Gasteiger partial charge in [0, 0.05) is 22.5 Å². The Morgan fingerprint density at radius 1 is 0.944 bits per heavy atom. The van der Waals surface area contributed by atoms with E-state index in [0.29, 0.717) is 17.3 Å². The number of amides is 2. The molecular formula is C29H24ClN5O. The van der Waals surface area contributed by atoms with E-state index in [4.69, 9.17) is 16.7 Å². The summed E-state index contributed by atoms with van der Waals surface area (Å²) < 4.78 is 4.13. The van der Waals surface area contributed by atoms with Gasteiger partial charge in [0.1, 0.15) is 5.82 Å². The molecule has 7 heteroatoms. The van der Waals surface area contributed by atoms with Gasteiger partial charge in [-0.3, -0.25) is 0 Å². The number of halogens is 1. The monoisotopic (exact) mass is 493 g/mol. The molecule has 0 radical (unpaired) electrons. The van der Waals surface area contributed by atoms with Crippen LogP contribution in [-0.4, -0.2) is 25.3 Å². The molecule has 0 saturated carbocycles. The van der Waals surface area contributed by atoms with Gasteiger partial charge in [0.2, 0.25) is 0 Å². The van der Waals surface area contributed by atoms with E-state index in [2.05, 4.69) is 28.1 Å². The molecule has 0 aliphatic carbocycles. The van der Waals surface area contributed by atoms with Gasteiger partial charge < -0.3 is 14.8 Å². The maximum atomic E-state index is 13.9. The van der Waals surface area contributed by atoms with E-state index in [-0.39, 0.29) is 12.1 Å². The second kappa shape index (κ2) is 9.06. The van der Waals surface area contributed by atoms with Gasteiger partial charge in [-0.05, 0) is 55.0 Å². The molecule has 1 aliphatic heterocycles. The van der Waals surface area contributed by atoms with Crippen molar-refractivity contribution in [3.8, 4) is 11.5 Å². The molecule has 1 atom stereocenters. The number of hydrogen-bond donors (Lipinski definition) is 1. The average Bonchev–Trinajstić information content (AvgIpc) is 3.45. The number of carbonyl (C=O) groups excluding carboxylic acids is 1. The number of nitrogens with zero attached hydrogens (tertiary/aromatic N) is 4. The summed E-state index contributed by atoms with van der Waals surface area (Å²) in [5.74, 6) is 0.942. The van der Waals surface area contributed by atoms with Crippen molar-refractivity contribution in [1.29, 1.82) is 0 Å². The maximum absolute atomic E-state index is 13.9. The van der Waals surface area contributed by atoms with Gasteiger partial charge in [0.15, 0.2) is 0 Å². The first kappa shape index (κ1) is 22.2. The van der Waals surface area contributed by atoms with Crippen LogP contribution in [0.4, 0.5) is 10.5 Å². The lowest BCUT2D eigenvalue weighted by Crippen LogP contribution is -2.38. The first-order valence-corrected chi connectivity index (χ1v) is 12.2. The Morgan fingerprint density at radius 3 is 2.44 bits per heavy atom. The van der Waals surface area contributed by atoms with Gasteiger partial charge in [-0.15, -0.1) is 0 Å². The Balaban J connectivity index is 1.53. The molecule has 0 spiro atoms. The van der Waals surface area contributed by atoms with Gasteiger partial charge in [0.05, 0.1) is 29.7 Å². The highest BCUT2D eigenvalue weighted by atomic mass is 35.5. The van der Waals surface area contributed by atoms with Gasteiger partial charge in [-0.2, -0.15) is 5.10 Å². The summed E-state index contributed by atoms with van der Waals surface area (Å²) in [6.45, 7) is 2.39. The topological polar surface area (TPSA) is 55.1 Å². The minimum absolute atomic E-state index is 0.210. The maximum Gasteiger partial charge on any atom is 0.322 e. The third kappa shape index (κ3) is 3.85. The molecule has 1 aliphatic rings. The Bertz CT molecular complexity index is 1540. The van der Waals surface area contributed by atoms with Crippen LogP contribution in [0.15, 0.2) is 103 Å². The summed E-state index contributed by atoms with van der Waals surface area (Å²) in [5.41, 5.74) is 5.50. The lowest BCUT2D eigenvalue weighted by Gasteiger charge is -2.31. The first-order valence-electron chi connectivity index (χ1n) is 11.8. The fraction of sp³-hybridized carbons (Fsp3) is 0.103. The number of fused-ring (bicyclic) bond motifs is 3. The largest absolute Gasteiger partial charge is 0.322 e. The lowest BCUT2D eigenvalue weighted by atomic mass is 10.0. The zero-order valence-electron chi connectivity index (χ0n) is 19.7. The summed E-state index contributed by atoms with van der Waals surface area (Å²) in [5, 5.41) is 8.52. The zero-order chi connectivity index (χ0) is 24.6. The number of aromatic nitrogens is 3. The van der Waals surface area contributed by atoms with Gasteiger partial charge >= 0.3 is 6.03 Å². The summed E-state index contributed by atoms with van der Waals surface area (Å²) in [4.78, 5) is 15.8. The number of carbonyl (C=O) groups is 1. The molecule has 6 nitrogen and oxygen atoms in total. The molecule has 1 N–H and O–H groups in total. The number of hydrogen-bond acceptors (Lipinski definition) is 2. The zero-order valence-corrected chi connectivity index (χ0v) is 20.4. The second-order valence-electron chi connectivity index (χ2n) is 8.82. The molecule has 5 aromatic rings. The second-order valence-corrected chi connectivity index (χ2v) is 9.26. The number of urea groups is 1. The predicted molar refractivity (Wildman–Crippen MR) is 142 cm³/mol. The van der Waals surface area contributed by atoms with Crippen molar-refractivity contribution in [2.24, 2.45) is 0 Å². The van der Waals surface area contributed by atoms with Crippen molar-refractivity contribution in [2.75, 3.05) is 5.32 Å². The Morgan fingerprint density at radius 2 is 1.69 bits per heavy atom. The van der Waals surface area contributed by atoms with Crippen LogP contribution in [0, 0.1) is 6.92 Å². The highest BCUT2D eigenvalue weighted by molar-refractivity contribution is 6.30. The minimum Gasteiger partial charge on any atom is -0.308 e. The van der Waals surface area contributed by atoms with Crippen LogP contribution in [0.3, 0.4) is 0 Å². The van der Waals surface area contributed by atoms with E-state index in [1.165, 1.54) is 0 Å². The standard InChI is InChI=1S/C29H24ClN5O/c1-20-25-19-34(29(36)31-23-13-8-12-22(30)18-23)27(21-10-4-2-5-11-21)26-16-9-17-33(26)28(25)35(32-20)24-14-6-3-7-15-24/h2-18,27H,19H2,1H3,(H,31,36)/t27-/m0/s1. The van der Waals surface area contributed by atoms with Crippen molar-refractivity contribution in [1.82, 2.24) is 19.2 Å². The van der Waals surface area contributed by atoms with E-state index in [9.17, 15) is 4.79 Å². The average molecular weight is 494 g/mol. The Kier molecular flexibility index (Phi) is 5.58. The molecule has 2 amide bonds. The molecule has 0 fully saturated rings. The van der Waals surface area contributed by atoms with Crippen LogP contribution >= 0.6 is 11.6 Å². The number of benzene rings is 3. The molecule has 0 unspecified atom stereocenters. The van der Waals surface area contributed by atoms with Gasteiger partial charge in [-0.25, -0.2) is 9.48 Å². The quantitative estimate of drug-likeness (QED) is 0.302. The summed E-state index contributed by atoms with van der Waals surface area (Å²) in [6, 6.07) is 31.0. The molecule has 3 heterocycles. The van der Waals surface area contributed by atoms with E-state index in [1.54, 1.807) is 12.1 Å². The Labute approximate surface area is 214 Å². The number of nitrogens with one attached hydrogen (secondary N) is 1. The van der Waals surface area contributed by atoms with E-state index < -0.39 is 0 Å². The third-order valence-corrected chi connectivity index (χ3v) is 6.77. The fourth-order valence-electron chi connectivity index (χ4n) is 4.90. The number of rotatable bonds is 3. The third-order valence-electron chi connectivity index (χ3n) is 6.54. The minimum atomic E-state index is -0.309. The SMILES string of the molecule is Cc1nn(-c2ccccc2)c2c1CN(C(=O)Nc1cccc(Cl)c1)[C@@H](c1ccccc1)c1cccn1-2. The smallest absolute Gasteiger partial charge is 0.308 e. The molecule has 6 rings (SSSR count). The fourth-order valence-corrected chi connectivity index (χ4v) is 5.09. The van der Waals surface area contributed by atoms with E-state index in [1.807, 2.05) is 89.4 Å². The molecule has 2 aromatic heterocycles. The molecule has 3 aromatic carbocycles. The number of para-hydroxylation sites is 1. The highest BCUT2D eigenvalue weighted by Gasteiger charge is 2.35. The van der Waals surface area contributed by atoms with Crippen LogP contribution in [-0.2, 0) is 6.54 Å². The predicted octanol–water partition coefficient (Wildman–Crippen LogP) is 6.76. The number of anilines is 1. The number of aryl methyl sites for hydroxylation is 1. The highest BCUT2D eigenvalue weighted by Crippen LogP contribution is 2.38. The van der Waals surface area contributed by atoms with E-state index >= 15 is 0 Å². The molecule has 178 valence electrons. The van der Waals surface area contributed by atoms with Gasteiger partial charge in [-0.1, -0.05) is 66.2 Å². The summed E-state index contributed by atoms with van der Waals surface area (Å²) in [6.07, 6.45) is 2.04. The Hall–Kier alpha value is -4.29. The van der Waals surface area contributed by atoms with Crippen LogP contribution in [0.25, 0.3) is 11.5 Å². The molecule has 0 saturated heterocycles. The van der Waals surface area contributed by atoms with Gasteiger partial charge in [0.25, 0.3) is 0 Å². The molecular weight excluding hydrogens is 470 g/mol.